The van der Waals surface area contributed by atoms with Gasteiger partial charge in [-0.2, -0.15) is 9.61 Å². The lowest BCUT2D eigenvalue weighted by Gasteiger charge is -2.14. The highest BCUT2D eigenvalue weighted by atomic mass is 16.5. The molecule has 8 nitrogen and oxygen atoms in total. The smallest absolute Gasteiger partial charge is 0.192 e. The van der Waals surface area contributed by atoms with Crippen LogP contribution >= 0.6 is 0 Å². The fourth-order valence-electron chi connectivity index (χ4n) is 4.55. The maximum Gasteiger partial charge on any atom is 0.192 e. The molecule has 8 heteroatoms. The number of ether oxygens (including phenoxy) is 2. The Kier molecular flexibility index (Phi) is 5.71. The summed E-state index contributed by atoms with van der Waals surface area (Å²) in [6.45, 7) is 3.64. The lowest BCUT2D eigenvalue weighted by Crippen LogP contribution is -2.18. The van der Waals surface area contributed by atoms with Crippen molar-refractivity contribution in [2.75, 3.05) is 20.2 Å². The van der Waals surface area contributed by atoms with Crippen molar-refractivity contribution in [3.05, 3.63) is 78.2 Å². The molecule has 2 aromatic carbocycles. The average Bonchev–Trinajstić information content (AvgIpc) is 3.57. The van der Waals surface area contributed by atoms with Crippen molar-refractivity contribution >= 4 is 16.6 Å². The van der Waals surface area contributed by atoms with E-state index in [2.05, 4.69) is 44.3 Å². The third kappa shape index (κ3) is 4.40. The van der Waals surface area contributed by atoms with E-state index in [1.54, 1.807) is 17.8 Å². The number of hydrogen-bond donors (Lipinski definition) is 0. The number of pyridine rings is 1. The molecule has 0 unspecified atom stereocenters. The molecule has 0 bridgehead atoms. The zero-order chi connectivity index (χ0) is 23.6. The first-order valence-corrected chi connectivity index (χ1v) is 11.9. The topological polar surface area (TPSA) is 77.7 Å². The maximum absolute atomic E-state index is 6.12. The molecule has 1 aliphatic heterocycles. The normalized spacial score (nSPS) is 14.1. The number of hydrogen-bond acceptors (Lipinski definition) is 7. The van der Waals surface area contributed by atoms with E-state index >= 15 is 0 Å². The van der Waals surface area contributed by atoms with E-state index in [1.165, 1.54) is 31.5 Å². The summed E-state index contributed by atoms with van der Waals surface area (Å²) in [4.78, 5) is 6.92. The number of likely N-dealkylation sites (tertiary alicyclic amines) is 1. The summed E-state index contributed by atoms with van der Waals surface area (Å²) in [5, 5.41) is 14.3. The van der Waals surface area contributed by atoms with Gasteiger partial charge in [-0.1, -0.05) is 24.3 Å². The molecular weight excluding hydrogens is 440 g/mol. The van der Waals surface area contributed by atoms with Gasteiger partial charge in [0.05, 0.1) is 18.3 Å². The fraction of sp³-hybridized carbons (Fsp3) is 0.259. The van der Waals surface area contributed by atoms with Gasteiger partial charge in [0.25, 0.3) is 0 Å². The van der Waals surface area contributed by atoms with E-state index in [-0.39, 0.29) is 6.61 Å². The van der Waals surface area contributed by atoms with Crippen LogP contribution in [-0.4, -0.2) is 49.9 Å². The molecule has 6 rings (SSSR count). The minimum Gasteiger partial charge on any atom is -0.497 e. The summed E-state index contributed by atoms with van der Waals surface area (Å²) in [5.41, 5.74) is 4.75. The van der Waals surface area contributed by atoms with Gasteiger partial charge in [-0.05, 0) is 61.8 Å². The van der Waals surface area contributed by atoms with Crippen LogP contribution < -0.4 is 9.47 Å². The third-order valence-electron chi connectivity index (χ3n) is 6.45. The van der Waals surface area contributed by atoms with E-state index in [4.69, 9.17) is 14.6 Å². The summed E-state index contributed by atoms with van der Waals surface area (Å²) in [5.74, 6) is 2.11. The molecule has 1 aliphatic rings. The fourth-order valence-corrected chi connectivity index (χ4v) is 4.55. The first-order valence-electron chi connectivity index (χ1n) is 11.9. The largest absolute Gasteiger partial charge is 0.497 e. The van der Waals surface area contributed by atoms with Gasteiger partial charge in [0.15, 0.2) is 11.5 Å². The Balaban J connectivity index is 1.22. The summed E-state index contributed by atoms with van der Waals surface area (Å²) in [6.07, 6.45) is 4.33. The molecule has 4 heterocycles. The van der Waals surface area contributed by atoms with Crippen molar-refractivity contribution in [1.29, 1.82) is 0 Å². The molecule has 0 saturated carbocycles. The maximum atomic E-state index is 6.12. The van der Waals surface area contributed by atoms with Gasteiger partial charge in [-0.25, -0.2) is 0 Å². The zero-order valence-electron chi connectivity index (χ0n) is 19.6. The number of fused-ring (bicyclic) bond motifs is 2. The van der Waals surface area contributed by atoms with Crippen molar-refractivity contribution in [2.45, 2.75) is 26.0 Å². The van der Waals surface area contributed by atoms with Crippen LogP contribution in [0.2, 0.25) is 0 Å². The van der Waals surface area contributed by atoms with Crippen LogP contribution in [-0.2, 0) is 13.2 Å². The van der Waals surface area contributed by atoms with E-state index in [0.717, 1.165) is 40.2 Å². The molecule has 0 amide bonds. The highest BCUT2D eigenvalue weighted by molar-refractivity contribution is 5.85. The lowest BCUT2D eigenvalue weighted by molar-refractivity contribution is 0.296. The zero-order valence-corrected chi connectivity index (χ0v) is 19.6. The van der Waals surface area contributed by atoms with Gasteiger partial charge < -0.3 is 9.47 Å². The van der Waals surface area contributed by atoms with E-state index < -0.39 is 0 Å². The highest BCUT2D eigenvalue weighted by Gasteiger charge is 2.13. The summed E-state index contributed by atoms with van der Waals surface area (Å²) in [6, 6.07) is 20.2. The Hall–Kier alpha value is -4.04. The second-order valence-electron chi connectivity index (χ2n) is 8.77. The van der Waals surface area contributed by atoms with Crippen LogP contribution in [0.4, 0.5) is 0 Å². The molecule has 0 N–H and O–H groups in total. The van der Waals surface area contributed by atoms with Crippen LogP contribution in [0, 0.1) is 0 Å². The summed E-state index contributed by atoms with van der Waals surface area (Å²) >= 11 is 0. The Morgan fingerprint density at radius 3 is 2.60 bits per heavy atom. The van der Waals surface area contributed by atoms with Crippen molar-refractivity contribution in [1.82, 2.24) is 29.7 Å². The quantitative estimate of drug-likeness (QED) is 0.349. The molecule has 1 saturated heterocycles. The van der Waals surface area contributed by atoms with Gasteiger partial charge >= 0.3 is 0 Å². The molecule has 0 spiro atoms. The van der Waals surface area contributed by atoms with Gasteiger partial charge in [0.1, 0.15) is 18.1 Å². The Morgan fingerprint density at radius 2 is 1.77 bits per heavy atom. The highest BCUT2D eigenvalue weighted by Crippen LogP contribution is 2.28. The molecule has 0 atom stereocenters. The first-order chi connectivity index (χ1) is 17.3. The summed E-state index contributed by atoms with van der Waals surface area (Å²) < 4.78 is 13.2. The number of nitrogens with zero attached hydrogens (tertiary/aromatic N) is 6. The van der Waals surface area contributed by atoms with Crippen LogP contribution in [0.3, 0.4) is 0 Å². The Morgan fingerprint density at radius 1 is 0.914 bits per heavy atom. The third-order valence-corrected chi connectivity index (χ3v) is 6.45. The van der Waals surface area contributed by atoms with Crippen molar-refractivity contribution in [3.63, 3.8) is 0 Å². The molecular formula is C27H26N6O2. The van der Waals surface area contributed by atoms with Gasteiger partial charge in [0, 0.05) is 29.8 Å². The Labute approximate surface area is 203 Å². The molecule has 3 aromatic heterocycles. The second-order valence-corrected chi connectivity index (χ2v) is 8.77. The van der Waals surface area contributed by atoms with Gasteiger partial charge in [-0.15, -0.1) is 10.2 Å². The molecule has 176 valence electrons. The second kappa shape index (κ2) is 9.31. The van der Waals surface area contributed by atoms with Gasteiger partial charge in [0.2, 0.25) is 0 Å². The minimum absolute atomic E-state index is 0.234. The SMILES string of the molecule is COc1ccc2c(OCc3nnc4ccc(-c5ccc(CN6CCCC6)cc5)nn34)ccnc2c1. The van der Waals surface area contributed by atoms with Crippen LogP contribution in [0.25, 0.3) is 27.8 Å². The molecule has 0 aliphatic carbocycles. The predicted octanol–water partition coefficient (Wildman–Crippen LogP) is 4.52. The lowest BCUT2D eigenvalue weighted by atomic mass is 10.1. The van der Waals surface area contributed by atoms with Crippen LogP contribution in [0.1, 0.15) is 24.2 Å². The summed E-state index contributed by atoms with van der Waals surface area (Å²) in [7, 11) is 1.64. The van der Waals surface area contributed by atoms with E-state index in [0.29, 0.717) is 11.5 Å². The van der Waals surface area contributed by atoms with E-state index in [9.17, 15) is 0 Å². The molecule has 0 radical (unpaired) electrons. The van der Waals surface area contributed by atoms with Crippen LogP contribution in [0.5, 0.6) is 11.5 Å². The molecule has 5 aromatic rings. The van der Waals surface area contributed by atoms with Crippen molar-refractivity contribution < 1.29 is 9.47 Å². The first kappa shape index (κ1) is 21.5. The average molecular weight is 467 g/mol. The Bertz CT molecular complexity index is 1470. The van der Waals surface area contributed by atoms with Crippen molar-refractivity contribution in [2.24, 2.45) is 0 Å². The number of benzene rings is 2. The number of methoxy groups -OCH3 is 1. The number of rotatable bonds is 7. The minimum atomic E-state index is 0.234. The monoisotopic (exact) mass is 466 g/mol. The molecule has 1 fully saturated rings. The van der Waals surface area contributed by atoms with Crippen molar-refractivity contribution in [3.8, 4) is 22.8 Å². The molecule has 35 heavy (non-hydrogen) atoms. The predicted molar refractivity (Wildman–Crippen MR) is 133 cm³/mol. The van der Waals surface area contributed by atoms with Crippen LogP contribution in [0.15, 0.2) is 66.9 Å². The van der Waals surface area contributed by atoms with E-state index in [1.807, 2.05) is 36.4 Å². The number of aromatic nitrogens is 5. The standard InChI is InChI=1S/C27H26N6O2/c1-34-21-8-9-22-24(16-21)28-13-12-25(22)35-18-27-30-29-26-11-10-23(31-33(26)27)20-6-4-19(5-7-20)17-32-14-2-3-15-32/h4-13,16H,2-3,14-15,17-18H2,1H3. The van der Waals surface area contributed by atoms with Gasteiger partial charge in [-0.3, -0.25) is 9.88 Å².